The third-order valence-electron chi connectivity index (χ3n) is 5.42. The molecule has 0 radical (unpaired) electrons. The number of unbranched alkanes of at least 4 members (excludes halogenated alkanes) is 1. The molecule has 0 aromatic carbocycles. The third kappa shape index (κ3) is 9.76. The van der Waals surface area contributed by atoms with Crippen LogP contribution in [0.1, 0.15) is 71.1 Å². The van der Waals surface area contributed by atoms with Gasteiger partial charge in [0, 0.05) is 13.0 Å². The number of nitrogens with one attached hydrogen (secondary N) is 2. The number of carbonyl (C=O) groups excluding carboxylic acids is 1. The average molecular weight is 371 g/mol. The molecule has 0 aromatic rings. The summed E-state index contributed by atoms with van der Waals surface area (Å²) in [6.07, 6.45) is 24.7. The van der Waals surface area contributed by atoms with E-state index in [1.807, 2.05) is 0 Å². The fraction of sp³-hybridized carbons (Fsp3) is 0.625. The molecule has 0 aromatic heterocycles. The maximum atomic E-state index is 11.9. The summed E-state index contributed by atoms with van der Waals surface area (Å²) in [4.78, 5) is 11.9. The van der Waals surface area contributed by atoms with Crippen LogP contribution >= 0.6 is 0 Å². The van der Waals surface area contributed by atoms with Gasteiger partial charge in [0.05, 0.1) is 0 Å². The van der Waals surface area contributed by atoms with Crippen LogP contribution < -0.4 is 10.6 Å². The van der Waals surface area contributed by atoms with E-state index in [0.717, 1.165) is 38.9 Å². The van der Waals surface area contributed by atoms with Crippen LogP contribution in [0.25, 0.3) is 0 Å². The van der Waals surface area contributed by atoms with E-state index in [9.17, 15) is 4.79 Å². The molecule has 0 saturated heterocycles. The van der Waals surface area contributed by atoms with Gasteiger partial charge in [-0.2, -0.15) is 0 Å². The van der Waals surface area contributed by atoms with E-state index < -0.39 is 0 Å². The zero-order valence-electron chi connectivity index (χ0n) is 17.1. The molecule has 0 saturated carbocycles. The third-order valence-corrected chi connectivity index (χ3v) is 5.42. The standard InChI is InChI=1S/C24H38N2O/c1-2-21-13-15-23(16-14-21)17-20-26-24(27)12-8-19-25-18-7-6-11-22-9-4-3-5-10-22/h4,9-10,13,15-16,21,25H,2-3,5-8,11-12,14,17-20H2,1H3,(H,26,27). The molecule has 0 aliphatic heterocycles. The van der Waals surface area contributed by atoms with E-state index in [1.165, 1.54) is 49.7 Å². The summed E-state index contributed by atoms with van der Waals surface area (Å²) in [6.45, 7) is 4.97. The molecule has 3 heteroatoms. The maximum Gasteiger partial charge on any atom is 0.220 e. The first-order chi connectivity index (χ1) is 13.3. The summed E-state index contributed by atoms with van der Waals surface area (Å²) >= 11 is 0. The van der Waals surface area contributed by atoms with Crippen molar-refractivity contribution in [3.05, 3.63) is 47.6 Å². The Morgan fingerprint density at radius 2 is 1.85 bits per heavy atom. The molecule has 1 unspecified atom stereocenters. The molecule has 2 aliphatic rings. The molecular formula is C24H38N2O. The maximum absolute atomic E-state index is 11.9. The van der Waals surface area contributed by atoms with Crippen molar-refractivity contribution in [2.45, 2.75) is 71.1 Å². The summed E-state index contributed by atoms with van der Waals surface area (Å²) in [6, 6.07) is 0. The Bertz CT molecular complexity index is 557. The lowest BCUT2D eigenvalue weighted by Crippen LogP contribution is -2.26. The number of allylic oxidation sites excluding steroid dienone is 7. The zero-order chi connectivity index (χ0) is 19.2. The summed E-state index contributed by atoms with van der Waals surface area (Å²) in [7, 11) is 0. The number of hydrogen-bond acceptors (Lipinski definition) is 2. The van der Waals surface area contributed by atoms with Crippen molar-refractivity contribution in [3.63, 3.8) is 0 Å². The molecule has 2 N–H and O–H groups in total. The fourth-order valence-corrected chi connectivity index (χ4v) is 3.56. The second-order valence-electron chi connectivity index (χ2n) is 7.71. The minimum Gasteiger partial charge on any atom is -0.356 e. The molecule has 0 spiro atoms. The van der Waals surface area contributed by atoms with Crippen molar-refractivity contribution < 1.29 is 4.79 Å². The van der Waals surface area contributed by atoms with Crippen LogP contribution in [0.5, 0.6) is 0 Å². The minimum atomic E-state index is 0.180. The molecule has 0 fully saturated rings. The topological polar surface area (TPSA) is 41.1 Å². The van der Waals surface area contributed by atoms with Gasteiger partial charge < -0.3 is 10.6 Å². The molecule has 27 heavy (non-hydrogen) atoms. The summed E-state index contributed by atoms with van der Waals surface area (Å²) in [5.41, 5.74) is 2.86. The van der Waals surface area contributed by atoms with Crippen molar-refractivity contribution in [3.8, 4) is 0 Å². The van der Waals surface area contributed by atoms with Crippen molar-refractivity contribution in [1.29, 1.82) is 0 Å². The first-order valence-corrected chi connectivity index (χ1v) is 11.0. The van der Waals surface area contributed by atoms with Crippen LogP contribution in [0.4, 0.5) is 0 Å². The molecule has 150 valence electrons. The number of rotatable bonds is 13. The monoisotopic (exact) mass is 370 g/mol. The largest absolute Gasteiger partial charge is 0.356 e. The molecular weight excluding hydrogens is 332 g/mol. The van der Waals surface area contributed by atoms with Gasteiger partial charge in [0.2, 0.25) is 5.91 Å². The molecule has 0 heterocycles. The zero-order valence-corrected chi connectivity index (χ0v) is 17.1. The molecule has 1 amide bonds. The van der Waals surface area contributed by atoms with E-state index in [-0.39, 0.29) is 5.91 Å². The second kappa shape index (κ2) is 13.5. The van der Waals surface area contributed by atoms with Crippen LogP contribution in [0.2, 0.25) is 0 Å². The van der Waals surface area contributed by atoms with Gasteiger partial charge in [0.15, 0.2) is 0 Å². The Morgan fingerprint density at radius 1 is 1.00 bits per heavy atom. The predicted octanol–water partition coefficient (Wildman–Crippen LogP) is 5.22. The number of carbonyl (C=O) groups is 1. The van der Waals surface area contributed by atoms with Crippen LogP contribution in [-0.4, -0.2) is 25.5 Å². The van der Waals surface area contributed by atoms with Gasteiger partial charge in [-0.3, -0.25) is 4.79 Å². The second-order valence-corrected chi connectivity index (χ2v) is 7.71. The highest BCUT2D eigenvalue weighted by molar-refractivity contribution is 5.75. The lowest BCUT2D eigenvalue weighted by atomic mass is 9.93. The molecule has 1 atom stereocenters. The van der Waals surface area contributed by atoms with Crippen molar-refractivity contribution in [2.75, 3.05) is 19.6 Å². The van der Waals surface area contributed by atoms with Crippen LogP contribution in [0, 0.1) is 5.92 Å². The Morgan fingerprint density at radius 3 is 2.59 bits per heavy atom. The van der Waals surface area contributed by atoms with Gasteiger partial charge >= 0.3 is 0 Å². The average Bonchev–Trinajstić information content (AvgIpc) is 2.71. The number of amides is 1. The van der Waals surface area contributed by atoms with E-state index in [0.29, 0.717) is 12.3 Å². The lowest BCUT2D eigenvalue weighted by Gasteiger charge is -2.14. The summed E-state index contributed by atoms with van der Waals surface area (Å²) in [5.74, 6) is 0.886. The highest BCUT2D eigenvalue weighted by atomic mass is 16.1. The smallest absolute Gasteiger partial charge is 0.220 e. The summed E-state index contributed by atoms with van der Waals surface area (Å²) in [5, 5.41) is 6.51. The fourth-order valence-electron chi connectivity index (χ4n) is 3.56. The van der Waals surface area contributed by atoms with Gasteiger partial charge in [0.25, 0.3) is 0 Å². The van der Waals surface area contributed by atoms with Gasteiger partial charge in [0.1, 0.15) is 0 Å². The lowest BCUT2D eigenvalue weighted by molar-refractivity contribution is -0.121. The normalized spacial score (nSPS) is 18.9. The first-order valence-electron chi connectivity index (χ1n) is 11.0. The van der Waals surface area contributed by atoms with E-state index in [2.05, 4.69) is 54.0 Å². The van der Waals surface area contributed by atoms with Gasteiger partial charge in [-0.1, -0.05) is 54.5 Å². The quantitative estimate of drug-likeness (QED) is 0.436. The van der Waals surface area contributed by atoms with Gasteiger partial charge in [-0.05, 0) is 76.8 Å². The Kier molecular flexibility index (Phi) is 10.9. The minimum absolute atomic E-state index is 0.180. The van der Waals surface area contributed by atoms with Crippen LogP contribution in [0.15, 0.2) is 47.6 Å². The van der Waals surface area contributed by atoms with E-state index in [4.69, 9.17) is 0 Å². The molecule has 2 rings (SSSR count). The molecule has 3 nitrogen and oxygen atoms in total. The predicted molar refractivity (Wildman–Crippen MR) is 116 cm³/mol. The molecule has 0 bridgehead atoms. The SMILES string of the molecule is CCC1C=CC(CCNC(=O)CCCNCCCCC2=CCCC=C2)=CC1. The van der Waals surface area contributed by atoms with Crippen LogP contribution in [-0.2, 0) is 4.79 Å². The Labute approximate surface area is 166 Å². The van der Waals surface area contributed by atoms with Gasteiger partial charge in [-0.25, -0.2) is 0 Å². The Hall–Kier alpha value is -1.61. The summed E-state index contributed by atoms with van der Waals surface area (Å²) < 4.78 is 0. The highest BCUT2D eigenvalue weighted by Gasteiger charge is 2.07. The van der Waals surface area contributed by atoms with Crippen molar-refractivity contribution in [1.82, 2.24) is 10.6 Å². The van der Waals surface area contributed by atoms with E-state index in [1.54, 1.807) is 0 Å². The molecule has 2 aliphatic carbocycles. The van der Waals surface area contributed by atoms with Gasteiger partial charge in [-0.15, -0.1) is 0 Å². The first kappa shape index (κ1) is 21.7. The number of hydrogen-bond donors (Lipinski definition) is 2. The van der Waals surface area contributed by atoms with Crippen LogP contribution in [0.3, 0.4) is 0 Å². The highest BCUT2D eigenvalue weighted by Crippen LogP contribution is 2.20. The van der Waals surface area contributed by atoms with Crippen molar-refractivity contribution >= 4 is 5.91 Å². The van der Waals surface area contributed by atoms with Crippen molar-refractivity contribution in [2.24, 2.45) is 5.92 Å². The van der Waals surface area contributed by atoms with E-state index >= 15 is 0 Å². The Balaban J connectivity index is 1.38.